The van der Waals surface area contributed by atoms with Crippen molar-refractivity contribution in [2.75, 3.05) is 20.1 Å². The van der Waals surface area contributed by atoms with Crippen LogP contribution in [0.2, 0.25) is 0 Å². The molecule has 1 fully saturated rings. The molecule has 1 aliphatic heterocycles. The summed E-state index contributed by atoms with van der Waals surface area (Å²) in [5.74, 6) is 0. The Morgan fingerprint density at radius 3 is 3.00 bits per heavy atom. The van der Waals surface area contributed by atoms with Crippen molar-refractivity contribution in [1.82, 2.24) is 5.32 Å². The third-order valence-corrected chi connectivity index (χ3v) is 1.70. The molecule has 1 heterocycles. The Morgan fingerprint density at radius 2 is 2.40 bits per heavy atom. The molecule has 0 aliphatic carbocycles. The van der Waals surface area contributed by atoms with Gasteiger partial charge in [0, 0.05) is 20.1 Å². The van der Waals surface area contributed by atoms with Gasteiger partial charge >= 0.3 is 0 Å². The molecular weight excluding hydrogens is 124 g/mol. The lowest BCUT2D eigenvalue weighted by Gasteiger charge is -1.93. The standard InChI is InChI=1S/C8H14N2/c1-3-4-7-5-10-6-8(7)9-2/h4,10H,3,5-6H2,1-2H3/b7-4-,9-8?. The second-order valence-electron chi connectivity index (χ2n) is 2.41. The summed E-state index contributed by atoms with van der Waals surface area (Å²) in [6, 6.07) is 0. The Kier molecular flexibility index (Phi) is 2.63. The van der Waals surface area contributed by atoms with Crippen LogP contribution in [0.4, 0.5) is 0 Å². The number of rotatable bonds is 1. The van der Waals surface area contributed by atoms with Gasteiger partial charge in [-0.1, -0.05) is 13.0 Å². The van der Waals surface area contributed by atoms with Gasteiger partial charge in [0.25, 0.3) is 0 Å². The van der Waals surface area contributed by atoms with Crippen molar-refractivity contribution in [3.8, 4) is 0 Å². The highest BCUT2D eigenvalue weighted by Gasteiger charge is 2.11. The van der Waals surface area contributed by atoms with E-state index in [-0.39, 0.29) is 0 Å². The van der Waals surface area contributed by atoms with E-state index in [1.54, 1.807) is 0 Å². The summed E-state index contributed by atoms with van der Waals surface area (Å²) in [5, 5.41) is 3.26. The third-order valence-electron chi connectivity index (χ3n) is 1.70. The largest absolute Gasteiger partial charge is 0.307 e. The van der Waals surface area contributed by atoms with Crippen LogP contribution in [0.5, 0.6) is 0 Å². The van der Waals surface area contributed by atoms with Gasteiger partial charge in [-0.2, -0.15) is 0 Å². The summed E-state index contributed by atoms with van der Waals surface area (Å²) < 4.78 is 0. The molecule has 2 nitrogen and oxygen atoms in total. The van der Waals surface area contributed by atoms with Crippen LogP contribution >= 0.6 is 0 Å². The van der Waals surface area contributed by atoms with Crippen molar-refractivity contribution in [2.24, 2.45) is 4.99 Å². The maximum Gasteiger partial charge on any atom is 0.0524 e. The zero-order chi connectivity index (χ0) is 7.40. The molecule has 1 N–H and O–H groups in total. The fraction of sp³-hybridized carbons (Fsp3) is 0.625. The first kappa shape index (κ1) is 7.48. The summed E-state index contributed by atoms with van der Waals surface area (Å²) in [7, 11) is 1.85. The maximum atomic E-state index is 4.17. The van der Waals surface area contributed by atoms with E-state index in [1.165, 1.54) is 11.3 Å². The fourth-order valence-electron chi connectivity index (χ4n) is 1.19. The second-order valence-corrected chi connectivity index (χ2v) is 2.41. The van der Waals surface area contributed by atoms with Crippen LogP contribution < -0.4 is 5.32 Å². The van der Waals surface area contributed by atoms with Crippen molar-refractivity contribution < 1.29 is 0 Å². The average molecular weight is 138 g/mol. The van der Waals surface area contributed by atoms with Crippen LogP contribution in [0.15, 0.2) is 16.6 Å². The first-order valence-corrected chi connectivity index (χ1v) is 3.74. The van der Waals surface area contributed by atoms with Crippen LogP contribution in [0.1, 0.15) is 13.3 Å². The van der Waals surface area contributed by atoms with Crippen LogP contribution in [0.25, 0.3) is 0 Å². The van der Waals surface area contributed by atoms with Crippen molar-refractivity contribution in [1.29, 1.82) is 0 Å². The third kappa shape index (κ3) is 1.45. The van der Waals surface area contributed by atoms with E-state index in [4.69, 9.17) is 0 Å². The molecule has 10 heavy (non-hydrogen) atoms. The molecule has 0 bridgehead atoms. The van der Waals surface area contributed by atoms with E-state index < -0.39 is 0 Å². The molecule has 1 rings (SSSR count). The molecule has 1 saturated heterocycles. The average Bonchev–Trinajstić information content (AvgIpc) is 2.36. The zero-order valence-corrected chi connectivity index (χ0v) is 6.65. The number of nitrogens with zero attached hydrogens (tertiary/aromatic N) is 1. The quantitative estimate of drug-likeness (QED) is 0.574. The van der Waals surface area contributed by atoms with Gasteiger partial charge in [0.15, 0.2) is 0 Å². The first-order valence-electron chi connectivity index (χ1n) is 3.74. The number of aliphatic imine (C=N–C) groups is 1. The van der Waals surface area contributed by atoms with E-state index in [0.29, 0.717) is 0 Å². The molecular formula is C8H14N2. The monoisotopic (exact) mass is 138 g/mol. The van der Waals surface area contributed by atoms with E-state index in [2.05, 4.69) is 23.3 Å². The molecule has 2 heteroatoms. The predicted molar refractivity (Wildman–Crippen MR) is 44.6 cm³/mol. The molecule has 1 aliphatic rings. The van der Waals surface area contributed by atoms with Crippen molar-refractivity contribution in [3.05, 3.63) is 11.6 Å². The summed E-state index contributed by atoms with van der Waals surface area (Å²) >= 11 is 0. The Labute approximate surface area is 62.0 Å². The molecule has 0 radical (unpaired) electrons. The lowest BCUT2D eigenvalue weighted by atomic mass is 10.2. The van der Waals surface area contributed by atoms with E-state index in [0.717, 1.165) is 19.5 Å². The van der Waals surface area contributed by atoms with Crippen molar-refractivity contribution >= 4 is 5.71 Å². The number of allylic oxidation sites excluding steroid dienone is 1. The van der Waals surface area contributed by atoms with Gasteiger partial charge in [0.2, 0.25) is 0 Å². The number of hydrogen-bond acceptors (Lipinski definition) is 2. The molecule has 0 saturated carbocycles. The van der Waals surface area contributed by atoms with Crippen LogP contribution in [-0.2, 0) is 0 Å². The summed E-state index contributed by atoms with van der Waals surface area (Å²) in [4.78, 5) is 4.17. The molecule has 0 aromatic carbocycles. The minimum Gasteiger partial charge on any atom is -0.307 e. The van der Waals surface area contributed by atoms with Gasteiger partial charge in [-0.25, -0.2) is 0 Å². The highest BCUT2D eigenvalue weighted by Crippen LogP contribution is 2.04. The van der Waals surface area contributed by atoms with Crippen molar-refractivity contribution in [2.45, 2.75) is 13.3 Å². The van der Waals surface area contributed by atoms with Gasteiger partial charge in [0.05, 0.1) is 5.71 Å². The van der Waals surface area contributed by atoms with Crippen LogP contribution in [0, 0.1) is 0 Å². The molecule has 0 atom stereocenters. The van der Waals surface area contributed by atoms with Gasteiger partial charge in [-0.05, 0) is 12.0 Å². The minimum absolute atomic E-state index is 0.947. The molecule has 0 unspecified atom stereocenters. The molecule has 56 valence electrons. The van der Waals surface area contributed by atoms with E-state index in [1.807, 2.05) is 7.05 Å². The van der Waals surface area contributed by atoms with Gasteiger partial charge in [0.1, 0.15) is 0 Å². The highest BCUT2D eigenvalue weighted by molar-refractivity contribution is 6.03. The normalized spacial score (nSPS) is 26.6. The molecule has 0 aromatic rings. The Bertz CT molecular complexity index is 168. The zero-order valence-electron chi connectivity index (χ0n) is 6.65. The molecule has 0 spiro atoms. The lowest BCUT2D eigenvalue weighted by Crippen LogP contribution is -2.07. The maximum absolute atomic E-state index is 4.17. The first-order chi connectivity index (χ1) is 4.88. The topological polar surface area (TPSA) is 24.4 Å². The van der Waals surface area contributed by atoms with Gasteiger partial charge < -0.3 is 5.32 Å². The number of hydrogen-bond donors (Lipinski definition) is 1. The SMILES string of the molecule is CC/C=C1/CNCC1=NC. The van der Waals surface area contributed by atoms with Gasteiger partial charge in [-0.15, -0.1) is 0 Å². The van der Waals surface area contributed by atoms with Crippen LogP contribution in [-0.4, -0.2) is 25.8 Å². The minimum atomic E-state index is 0.947. The fourth-order valence-corrected chi connectivity index (χ4v) is 1.19. The van der Waals surface area contributed by atoms with E-state index in [9.17, 15) is 0 Å². The lowest BCUT2D eigenvalue weighted by molar-refractivity contribution is 0.904. The second kappa shape index (κ2) is 3.52. The number of nitrogens with one attached hydrogen (secondary N) is 1. The van der Waals surface area contributed by atoms with Gasteiger partial charge in [-0.3, -0.25) is 4.99 Å². The van der Waals surface area contributed by atoms with Crippen molar-refractivity contribution in [3.63, 3.8) is 0 Å². The molecule has 0 aromatic heterocycles. The summed E-state index contributed by atoms with van der Waals surface area (Å²) in [6.07, 6.45) is 3.35. The predicted octanol–water partition coefficient (Wildman–Crippen LogP) is 0.997. The summed E-state index contributed by atoms with van der Waals surface area (Å²) in [5.41, 5.74) is 2.60. The van der Waals surface area contributed by atoms with Crippen LogP contribution in [0.3, 0.4) is 0 Å². The molecule has 0 amide bonds. The Balaban J connectivity index is 2.68. The smallest absolute Gasteiger partial charge is 0.0524 e. The Morgan fingerprint density at radius 1 is 1.60 bits per heavy atom. The Hall–Kier alpha value is -0.630. The summed E-state index contributed by atoms with van der Waals surface area (Å²) in [6.45, 7) is 4.10. The highest BCUT2D eigenvalue weighted by atomic mass is 14.9. The van der Waals surface area contributed by atoms with E-state index >= 15 is 0 Å².